The van der Waals surface area contributed by atoms with Crippen molar-refractivity contribution in [3.63, 3.8) is 0 Å². The summed E-state index contributed by atoms with van der Waals surface area (Å²) >= 11 is 0. The third-order valence-electron chi connectivity index (χ3n) is 9.73. The summed E-state index contributed by atoms with van der Waals surface area (Å²) < 4.78 is 0. The number of hydrogen-bond acceptors (Lipinski definition) is 5. The molecule has 0 saturated heterocycles. The first-order valence-corrected chi connectivity index (χ1v) is 20.6. The Bertz CT molecular complexity index is 672. The largest absolute Gasteiger partial charge is 0.394 e. The van der Waals surface area contributed by atoms with Crippen LogP contribution in [0, 0.1) is 0 Å². The van der Waals surface area contributed by atoms with E-state index >= 15 is 0 Å². The van der Waals surface area contributed by atoms with Crippen molar-refractivity contribution in [3.05, 3.63) is 12.2 Å². The highest BCUT2D eigenvalue weighted by Gasteiger charge is 2.28. The van der Waals surface area contributed by atoms with Crippen LogP contribution in [0.3, 0.4) is 0 Å². The van der Waals surface area contributed by atoms with Crippen molar-refractivity contribution in [2.24, 2.45) is 0 Å². The topological polar surface area (TPSA) is 110 Å². The van der Waals surface area contributed by atoms with Crippen molar-refractivity contribution < 1.29 is 25.2 Å². The SMILES string of the molecule is CCCCCC/C=C\CCCCCCCCC(O)C(=O)NC(CO)C(O)C(O)CCCCCCCCCCCCCCCCCCC. The van der Waals surface area contributed by atoms with Gasteiger partial charge in [0, 0.05) is 0 Å². The summed E-state index contributed by atoms with van der Waals surface area (Å²) in [4.78, 5) is 12.5. The van der Waals surface area contributed by atoms with E-state index in [0.717, 1.165) is 44.9 Å². The monoisotopic (exact) mass is 668 g/mol. The molecule has 0 aromatic heterocycles. The molecular formula is C41H81NO5. The molecular weight excluding hydrogens is 586 g/mol. The van der Waals surface area contributed by atoms with Gasteiger partial charge in [0.2, 0.25) is 5.91 Å². The summed E-state index contributed by atoms with van der Waals surface area (Å²) in [6.45, 7) is 4.03. The second-order valence-corrected chi connectivity index (χ2v) is 14.3. The maximum atomic E-state index is 12.5. The molecule has 1 amide bonds. The number of aliphatic hydroxyl groups excluding tert-OH is 4. The molecule has 0 aromatic rings. The summed E-state index contributed by atoms with van der Waals surface area (Å²) in [5.74, 6) is -0.588. The van der Waals surface area contributed by atoms with E-state index in [9.17, 15) is 25.2 Å². The molecule has 0 spiro atoms. The summed E-state index contributed by atoms with van der Waals surface area (Å²) in [5.41, 5.74) is 0. The lowest BCUT2D eigenvalue weighted by Gasteiger charge is -2.27. The minimum absolute atomic E-state index is 0.364. The van der Waals surface area contributed by atoms with Gasteiger partial charge in [-0.05, 0) is 38.5 Å². The van der Waals surface area contributed by atoms with E-state index in [1.54, 1.807) is 0 Å². The number of amides is 1. The number of carbonyl (C=O) groups excluding carboxylic acids is 1. The molecule has 0 radical (unpaired) electrons. The smallest absolute Gasteiger partial charge is 0.249 e. The Morgan fingerprint density at radius 1 is 0.511 bits per heavy atom. The Labute approximate surface area is 292 Å². The minimum Gasteiger partial charge on any atom is -0.394 e. The van der Waals surface area contributed by atoms with Gasteiger partial charge in [-0.1, -0.05) is 187 Å². The van der Waals surface area contributed by atoms with Crippen molar-refractivity contribution in [3.8, 4) is 0 Å². The Hall–Kier alpha value is -0.950. The lowest BCUT2D eigenvalue weighted by molar-refractivity contribution is -0.132. The molecule has 0 heterocycles. The van der Waals surface area contributed by atoms with Crippen LogP contribution in [0.5, 0.6) is 0 Å². The van der Waals surface area contributed by atoms with Crippen molar-refractivity contribution in [2.45, 2.75) is 237 Å². The summed E-state index contributed by atoms with van der Waals surface area (Å²) in [5, 5.41) is 43.6. The van der Waals surface area contributed by atoms with Gasteiger partial charge in [0.15, 0.2) is 0 Å². The Balaban J connectivity index is 3.76. The van der Waals surface area contributed by atoms with Crippen LogP contribution in [-0.4, -0.2) is 57.3 Å². The Morgan fingerprint density at radius 2 is 0.851 bits per heavy atom. The van der Waals surface area contributed by atoms with E-state index in [1.807, 2.05) is 0 Å². The second kappa shape index (κ2) is 36.3. The fraction of sp³-hybridized carbons (Fsp3) is 0.927. The molecule has 280 valence electrons. The minimum atomic E-state index is -1.26. The van der Waals surface area contributed by atoms with Crippen molar-refractivity contribution in [1.29, 1.82) is 0 Å². The first-order valence-electron chi connectivity index (χ1n) is 20.6. The van der Waals surface area contributed by atoms with Crippen molar-refractivity contribution in [2.75, 3.05) is 6.61 Å². The molecule has 4 unspecified atom stereocenters. The van der Waals surface area contributed by atoms with Crippen LogP contribution in [-0.2, 0) is 4.79 Å². The molecule has 47 heavy (non-hydrogen) atoms. The number of rotatable bonds is 37. The van der Waals surface area contributed by atoms with Gasteiger partial charge in [0.05, 0.1) is 18.8 Å². The van der Waals surface area contributed by atoms with Gasteiger partial charge in [-0.2, -0.15) is 0 Å². The number of hydrogen-bond donors (Lipinski definition) is 5. The number of carbonyl (C=O) groups is 1. The van der Waals surface area contributed by atoms with E-state index < -0.39 is 36.9 Å². The third kappa shape index (κ3) is 30.8. The lowest BCUT2D eigenvalue weighted by Crippen LogP contribution is -2.53. The third-order valence-corrected chi connectivity index (χ3v) is 9.73. The highest BCUT2D eigenvalue weighted by molar-refractivity contribution is 5.80. The molecule has 0 aliphatic rings. The van der Waals surface area contributed by atoms with Crippen LogP contribution >= 0.6 is 0 Å². The van der Waals surface area contributed by atoms with E-state index in [2.05, 4.69) is 31.3 Å². The quantitative estimate of drug-likeness (QED) is 0.0335. The summed E-state index contributed by atoms with van der Waals surface area (Å²) in [6.07, 6.45) is 38.0. The highest BCUT2D eigenvalue weighted by atomic mass is 16.3. The molecule has 4 atom stereocenters. The van der Waals surface area contributed by atoms with Crippen LogP contribution in [0.15, 0.2) is 12.2 Å². The van der Waals surface area contributed by atoms with Crippen LogP contribution in [0.2, 0.25) is 0 Å². The molecule has 0 aliphatic heterocycles. The zero-order chi connectivity index (χ0) is 34.6. The normalized spacial score (nSPS) is 14.4. The van der Waals surface area contributed by atoms with Crippen molar-refractivity contribution in [1.82, 2.24) is 5.32 Å². The van der Waals surface area contributed by atoms with Gasteiger partial charge in [-0.25, -0.2) is 0 Å². The summed E-state index contributed by atoms with van der Waals surface area (Å²) in [7, 11) is 0. The first-order chi connectivity index (χ1) is 23.0. The van der Waals surface area contributed by atoms with Gasteiger partial charge in [-0.15, -0.1) is 0 Å². The highest BCUT2D eigenvalue weighted by Crippen LogP contribution is 2.16. The molecule has 5 N–H and O–H groups in total. The average Bonchev–Trinajstić information content (AvgIpc) is 3.07. The maximum Gasteiger partial charge on any atom is 0.249 e. The standard InChI is InChI=1S/C41H81NO5/c1-3-5-7-9-11-13-15-17-19-20-21-23-24-26-28-30-32-34-38(44)40(46)37(36-43)42-41(47)39(45)35-33-31-29-27-25-22-18-16-14-12-10-8-6-4-2/h14,16,37-40,43-46H,3-13,15,17-36H2,1-2H3,(H,42,47)/b16-14-. The molecule has 0 fully saturated rings. The second-order valence-electron chi connectivity index (χ2n) is 14.3. The maximum absolute atomic E-state index is 12.5. The van der Waals surface area contributed by atoms with Crippen molar-refractivity contribution >= 4 is 5.91 Å². The van der Waals surface area contributed by atoms with Gasteiger partial charge < -0.3 is 25.7 Å². The van der Waals surface area contributed by atoms with E-state index in [-0.39, 0.29) is 0 Å². The predicted molar refractivity (Wildman–Crippen MR) is 201 cm³/mol. The Kier molecular flexibility index (Phi) is 35.6. The number of allylic oxidation sites excluding steroid dienone is 2. The molecule has 6 nitrogen and oxygen atoms in total. The Morgan fingerprint density at radius 3 is 1.26 bits per heavy atom. The molecule has 6 heteroatoms. The molecule has 0 bridgehead atoms. The van der Waals surface area contributed by atoms with E-state index in [4.69, 9.17) is 0 Å². The van der Waals surface area contributed by atoms with Crippen LogP contribution in [0.4, 0.5) is 0 Å². The van der Waals surface area contributed by atoms with Gasteiger partial charge in [-0.3, -0.25) is 4.79 Å². The van der Waals surface area contributed by atoms with Crippen LogP contribution in [0.25, 0.3) is 0 Å². The molecule has 0 aromatic carbocycles. The average molecular weight is 668 g/mol. The molecule has 0 rings (SSSR count). The predicted octanol–water partition coefficient (Wildman–Crippen LogP) is 10.2. The zero-order valence-corrected chi connectivity index (χ0v) is 31.3. The molecule has 0 saturated carbocycles. The lowest BCUT2D eigenvalue weighted by atomic mass is 9.99. The van der Waals surface area contributed by atoms with Crippen LogP contribution in [0.1, 0.15) is 213 Å². The number of nitrogens with one attached hydrogen (secondary N) is 1. The van der Waals surface area contributed by atoms with Gasteiger partial charge >= 0.3 is 0 Å². The van der Waals surface area contributed by atoms with E-state index in [1.165, 1.54) is 141 Å². The van der Waals surface area contributed by atoms with Gasteiger partial charge in [0.25, 0.3) is 0 Å². The van der Waals surface area contributed by atoms with E-state index in [0.29, 0.717) is 12.8 Å². The molecule has 0 aliphatic carbocycles. The number of aliphatic hydroxyl groups is 4. The first kappa shape index (κ1) is 46.0. The summed E-state index contributed by atoms with van der Waals surface area (Å²) in [6, 6.07) is -0.983. The fourth-order valence-electron chi connectivity index (χ4n) is 6.40. The fourth-order valence-corrected chi connectivity index (χ4v) is 6.40. The van der Waals surface area contributed by atoms with Gasteiger partial charge in [0.1, 0.15) is 12.2 Å². The van der Waals surface area contributed by atoms with Crippen LogP contribution < -0.4 is 5.32 Å². The zero-order valence-electron chi connectivity index (χ0n) is 31.3. The number of unbranched alkanes of at least 4 members (excludes halogenated alkanes) is 26.